The topological polar surface area (TPSA) is 50.4 Å². The van der Waals surface area contributed by atoms with E-state index in [4.69, 9.17) is 5.73 Å². The largest absolute Gasteiger partial charge is 0.370 e. The van der Waals surface area contributed by atoms with Crippen molar-refractivity contribution in [1.29, 1.82) is 0 Å². The summed E-state index contributed by atoms with van der Waals surface area (Å²) in [6.45, 7) is 4.41. The summed E-state index contributed by atoms with van der Waals surface area (Å²) in [6, 6.07) is 7.31. The van der Waals surface area contributed by atoms with Crippen LogP contribution in [-0.2, 0) is 5.41 Å². The summed E-state index contributed by atoms with van der Waals surface area (Å²) < 4.78 is 13.7. The SMILES string of the molecule is CC(C)(CN=C(N)NC1CC1)c1ccccc1F. The third-order valence-corrected chi connectivity index (χ3v) is 3.18. The van der Waals surface area contributed by atoms with Gasteiger partial charge in [0.1, 0.15) is 5.82 Å². The number of hydrogen-bond donors (Lipinski definition) is 2. The first-order chi connectivity index (χ1) is 8.49. The molecule has 98 valence electrons. The minimum absolute atomic E-state index is 0.188. The lowest BCUT2D eigenvalue weighted by Crippen LogP contribution is -2.35. The summed E-state index contributed by atoms with van der Waals surface area (Å²) in [5.74, 6) is 0.272. The summed E-state index contributed by atoms with van der Waals surface area (Å²) >= 11 is 0. The highest BCUT2D eigenvalue weighted by Gasteiger charge is 2.25. The van der Waals surface area contributed by atoms with Crippen molar-refractivity contribution in [2.24, 2.45) is 10.7 Å². The zero-order valence-electron chi connectivity index (χ0n) is 10.9. The monoisotopic (exact) mass is 249 g/mol. The summed E-state index contributed by atoms with van der Waals surface area (Å²) in [7, 11) is 0. The predicted octanol–water partition coefficient (Wildman–Crippen LogP) is 2.17. The highest BCUT2D eigenvalue weighted by atomic mass is 19.1. The van der Waals surface area contributed by atoms with Crippen LogP contribution in [-0.4, -0.2) is 18.5 Å². The molecule has 1 saturated carbocycles. The fraction of sp³-hybridized carbons (Fsp3) is 0.500. The molecule has 0 radical (unpaired) electrons. The summed E-state index contributed by atoms with van der Waals surface area (Å²) in [4.78, 5) is 4.31. The molecule has 18 heavy (non-hydrogen) atoms. The number of benzene rings is 1. The molecule has 0 aromatic heterocycles. The fourth-order valence-corrected chi connectivity index (χ4v) is 1.86. The molecule has 1 aliphatic carbocycles. The maximum Gasteiger partial charge on any atom is 0.188 e. The standard InChI is InChI=1S/C14H20FN3/c1-14(2,11-5-3-4-6-12(11)15)9-17-13(16)18-10-7-8-10/h3-6,10H,7-9H2,1-2H3,(H3,16,17,18). The van der Waals surface area contributed by atoms with Gasteiger partial charge in [-0.1, -0.05) is 32.0 Å². The van der Waals surface area contributed by atoms with Gasteiger partial charge in [0.25, 0.3) is 0 Å². The summed E-state index contributed by atoms with van der Waals surface area (Å²) in [5.41, 5.74) is 6.10. The lowest BCUT2D eigenvalue weighted by Gasteiger charge is -2.23. The molecule has 0 atom stereocenters. The second-order valence-corrected chi connectivity index (χ2v) is 5.48. The first-order valence-corrected chi connectivity index (χ1v) is 6.30. The molecule has 0 saturated heterocycles. The molecule has 0 bridgehead atoms. The Morgan fingerprint density at radius 3 is 2.72 bits per heavy atom. The minimum Gasteiger partial charge on any atom is -0.370 e. The predicted molar refractivity (Wildman–Crippen MR) is 72.1 cm³/mol. The number of nitrogens with two attached hydrogens (primary N) is 1. The van der Waals surface area contributed by atoms with Crippen LogP contribution in [0, 0.1) is 5.82 Å². The molecule has 0 spiro atoms. The van der Waals surface area contributed by atoms with Crippen LogP contribution in [0.2, 0.25) is 0 Å². The smallest absolute Gasteiger partial charge is 0.188 e. The van der Waals surface area contributed by atoms with Gasteiger partial charge in [0.15, 0.2) is 5.96 Å². The quantitative estimate of drug-likeness (QED) is 0.634. The second-order valence-electron chi connectivity index (χ2n) is 5.48. The van der Waals surface area contributed by atoms with Crippen molar-refractivity contribution in [2.75, 3.05) is 6.54 Å². The molecule has 4 heteroatoms. The van der Waals surface area contributed by atoms with Gasteiger partial charge in [0.05, 0.1) is 6.54 Å². The van der Waals surface area contributed by atoms with Gasteiger partial charge in [-0.15, -0.1) is 0 Å². The zero-order valence-corrected chi connectivity index (χ0v) is 10.9. The van der Waals surface area contributed by atoms with Crippen molar-refractivity contribution in [2.45, 2.75) is 38.1 Å². The van der Waals surface area contributed by atoms with E-state index in [2.05, 4.69) is 10.3 Å². The van der Waals surface area contributed by atoms with E-state index in [0.29, 0.717) is 24.1 Å². The molecule has 3 N–H and O–H groups in total. The molecule has 3 nitrogen and oxygen atoms in total. The summed E-state index contributed by atoms with van der Waals surface area (Å²) in [6.07, 6.45) is 2.32. The van der Waals surface area contributed by atoms with Crippen LogP contribution in [0.15, 0.2) is 29.3 Å². The van der Waals surface area contributed by atoms with Gasteiger partial charge >= 0.3 is 0 Å². The number of nitrogens with zero attached hydrogens (tertiary/aromatic N) is 1. The second kappa shape index (κ2) is 4.96. The fourth-order valence-electron chi connectivity index (χ4n) is 1.86. The number of rotatable bonds is 4. The van der Waals surface area contributed by atoms with E-state index in [1.54, 1.807) is 12.1 Å². The molecule has 2 rings (SSSR count). The van der Waals surface area contributed by atoms with Gasteiger partial charge in [0.2, 0.25) is 0 Å². The van der Waals surface area contributed by atoms with Gasteiger partial charge in [-0.2, -0.15) is 0 Å². The first-order valence-electron chi connectivity index (χ1n) is 6.30. The Morgan fingerprint density at radius 2 is 2.11 bits per heavy atom. The Morgan fingerprint density at radius 1 is 1.44 bits per heavy atom. The number of nitrogens with one attached hydrogen (secondary N) is 1. The molecule has 0 heterocycles. The van der Waals surface area contributed by atoms with Crippen LogP contribution in [0.5, 0.6) is 0 Å². The van der Waals surface area contributed by atoms with Crippen molar-refractivity contribution < 1.29 is 4.39 Å². The Balaban J connectivity index is 2.04. The van der Waals surface area contributed by atoms with Crippen molar-refractivity contribution in [3.8, 4) is 0 Å². The van der Waals surface area contributed by atoms with Crippen LogP contribution >= 0.6 is 0 Å². The number of hydrogen-bond acceptors (Lipinski definition) is 1. The molecule has 1 aromatic carbocycles. The highest BCUT2D eigenvalue weighted by molar-refractivity contribution is 5.78. The van der Waals surface area contributed by atoms with Gasteiger partial charge in [-0.05, 0) is 24.5 Å². The van der Waals surface area contributed by atoms with Gasteiger partial charge in [-0.3, -0.25) is 4.99 Å². The number of halogens is 1. The third-order valence-electron chi connectivity index (χ3n) is 3.18. The molecule has 0 unspecified atom stereocenters. The Hall–Kier alpha value is -1.58. The van der Waals surface area contributed by atoms with Crippen molar-refractivity contribution >= 4 is 5.96 Å². The van der Waals surface area contributed by atoms with Crippen LogP contribution in [0.3, 0.4) is 0 Å². The maximum atomic E-state index is 13.7. The van der Waals surface area contributed by atoms with Crippen LogP contribution in [0.1, 0.15) is 32.3 Å². The summed E-state index contributed by atoms with van der Waals surface area (Å²) in [5, 5.41) is 3.13. The Bertz CT molecular complexity index is 450. The van der Waals surface area contributed by atoms with Crippen molar-refractivity contribution in [1.82, 2.24) is 5.32 Å². The van der Waals surface area contributed by atoms with Gasteiger partial charge < -0.3 is 11.1 Å². The highest BCUT2D eigenvalue weighted by Crippen LogP contribution is 2.26. The van der Waals surface area contributed by atoms with E-state index in [1.165, 1.54) is 6.07 Å². The normalized spacial score (nSPS) is 16.7. The Labute approximate surface area is 107 Å². The zero-order chi connectivity index (χ0) is 13.2. The van der Waals surface area contributed by atoms with E-state index >= 15 is 0 Å². The van der Waals surface area contributed by atoms with E-state index in [9.17, 15) is 4.39 Å². The van der Waals surface area contributed by atoms with E-state index < -0.39 is 0 Å². The molecule has 1 aliphatic rings. The van der Waals surface area contributed by atoms with Gasteiger partial charge in [0, 0.05) is 11.5 Å². The van der Waals surface area contributed by atoms with E-state index in [1.807, 2.05) is 19.9 Å². The molecule has 0 amide bonds. The lowest BCUT2D eigenvalue weighted by molar-refractivity contribution is 0.493. The molecule has 0 aliphatic heterocycles. The van der Waals surface area contributed by atoms with Crippen molar-refractivity contribution in [3.63, 3.8) is 0 Å². The number of aliphatic imine (C=N–C) groups is 1. The van der Waals surface area contributed by atoms with Crippen molar-refractivity contribution in [3.05, 3.63) is 35.6 Å². The average molecular weight is 249 g/mol. The molecular formula is C14H20FN3. The van der Waals surface area contributed by atoms with Gasteiger partial charge in [-0.25, -0.2) is 4.39 Å². The van der Waals surface area contributed by atoms with Crippen LogP contribution in [0.4, 0.5) is 4.39 Å². The van der Waals surface area contributed by atoms with Crippen LogP contribution in [0.25, 0.3) is 0 Å². The first kappa shape index (κ1) is 12.9. The van der Waals surface area contributed by atoms with Crippen LogP contribution < -0.4 is 11.1 Å². The average Bonchev–Trinajstić information content (AvgIpc) is 3.11. The van der Waals surface area contributed by atoms with E-state index in [0.717, 1.165) is 12.8 Å². The maximum absolute atomic E-state index is 13.7. The third kappa shape index (κ3) is 3.22. The lowest BCUT2D eigenvalue weighted by atomic mass is 9.84. The number of guanidine groups is 1. The molecule has 1 aromatic rings. The van der Waals surface area contributed by atoms with E-state index in [-0.39, 0.29) is 11.2 Å². The molecular weight excluding hydrogens is 229 g/mol. The minimum atomic E-state index is -0.360. The molecule has 1 fully saturated rings. The Kier molecular flexibility index (Phi) is 3.55.